The van der Waals surface area contributed by atoms with Crippen molar-refractivity contribution < 1.29 is 4.98 Å². The first-order chi connectivity index (χ1) is 4.47. The topological polar surface area (TPSA) is 27.0 Å². The quantitative estimate of drug-likeness (QED) is 0.534. The summed E-state index contributed by atoms with van der Waals surface area (Å²) in [4.78, 5) is 7.12. The Morgan fingerprint density at radius 2 is 2.56 bits per heavy atom. The third kappa shape index (κ3) is 0.695. The Bertz CT molecular complexity index is 285. The van der Waals surface area contributed by atoms with Crippen LogP contribution in [0.2, 0.25) is 0 Å². The van der Waals surface area contributed by atoms with Crippen molar-refractivity contribution in [2.24, 2.45) is 0 Å². The molecule has 2 aromatic rings. The van der Waals surface area contributed by atoms with E-state index in [2.05, 4.69) is 9.97 Å². The van der Waals surface area contributed by atoms with Crippen molar-refractivity contribution in [3.8, 4) is 0 Å². The number of rotatable bonds is 0. The van der Waals surface area contributed by atoms with Gasteiger partial charge in [-0.1, -0.05) is 11.3 Å². The van der Waals surface area contributed by atoms with Crippen LogP contribution in [0.15, 0.2) is 23.8 Å². The molecule has 2 aromatic heterocycles. The van der Waals surface area contributed by atoms with Gasteiger partial charge in [-0.05, 0) is 17.1 Å². The number of nitrogens with one attached hydrogen (secondary N) is 1. The average Bonchev–Trinajstić information content (AvgIpc) is 2.33. The molecule has 0 radical (unpaired) electrons. The largest absolute Gasteiger partial charge is 0.338 e. The van der Waals surface area contributed by atoms with E-state index in [1.807, 2.05) is 17.6 Å². The highest BCUT2D eigenvalue weighted by Crippen LogP contribution is 2.09. The van der Waals surface area contributed by atoms with Crippen molar-refractivity contribution in [2.45, 2.75) is 0 Å². The van der Waals surface area contributed by atoms with Crippen molar-refractivity contribution >= 4 is 21.7 Å². The molecule has 0 aliphatic rings. The van der Waals surface area contributed by atoms with Crippen LogP contribution in [-0.4, -0.2) is 4.98 Å². The van der Waals surface area contributed by atoms with Crippen LogP contribution in [0.1, 0.15) is 0 Å². The Labute approximate surface area is 56.2 Å². The van der Waals surface area contributed by atoms with Gasteiger partial charge in [0.2, 0.25) is 0 Å². The lowest BCUT2D eigenvalue weighted by Gasteiger charge is -1.71. The number of pyridine rings is 1. The van der Waals surface area contributed by atoms with E-state index in [1.54, 1.807) is 17.5 Å². The van der Waals surface area contributed by atoms with Crippen molar-refractivity contribution in [1.29, 1.82) is 0 Å². The molecule has 2 nitrogen and oxygen atoms in total. The predicted molar refractivity (Wildman–Crippen MR) is 36.2 cm³/mol. The number of hydrogen-bond acceptors (Lipinski definition) is 2. The highest BCUT2D eigenvalue weighted by molar-refractivity contribution is 7.16. The van der Waals surface area contributed by atoms with Crippen LogP contribution < -0.4 is 4.98 Å². The first kappa shape index (κ1) is 4.88. The second kappa shape index (κ2) is 1.77. The van der Waals surface area contributed by atoms with Gasteiger partial charge in [0.1, 0.15) is 16.4 Å². The van der Waals surface area contributed by atoms with Crippen LogP contribution in [0, 0.1) is 0 Å². The number of nitrogens with zero attached hydrogens (tertiary/aromatic N) is 1. The van der Waals surface area contributed by atoms with Crippen LogP contribution >= 0.6 is 11.3 Å². The summed E-state index contributed by atoms with van der Waals surface area (Å²) >= 11 is 1.67. The molecule has 0 aliphatic heterocycles. The van der Waals surface area contributed by atoms with E-state index in [0.29, 0.717) is 0 Å². The molecule has 44 valence electrons. The molecule has 0 unspecified atom stereocenters. The summed E-state index contributed by atoms with van der Waals surface area (Å²) in [7, 11) is 0. The van der Waals surface area contributed by atoms with Crippen molar-refractivity contribution in [1.82, 2.24) is 4.98 Å². The van der Waals surface area contributed by atoms with Crippen LogP contribution in [0.5, 0.6) is 0 Å². The maximum atomic E-state index is 4.10. The Morgan fingerprint density at radius 3 is 3.44 bits per heavy atom. The van der Waals surface area contributed by atoms with Gasteiger partial charge in [0, 0.05) is 0 Å². The lowest BCUT2D eigenvalue weighted by Crippen LogP contribution is -1.95. The average molecular weight is 137 g/mol. The first-order valence-corrected chi connectivity index (χ1v) is 3.55. The lowest BCUT2D eigenvalue weighted by molar-refractivity contribution is -0.341. The second-order valence-corrected chi connectivity index (χ2v) is 2.64. The number of aromatic amines is 1. The zero-order valence-corrected chi connectivity index (χ0v) is 5.48. The molecule has 2 rings (SSSR count). The van der Waals surface area contributed by atoms with Gasteiger partial charge in [0.25, 0.3) is 0 Å². The summed E-state index contributed by atoms with van der Waals surface area (Å²) in [5, 5.41) is 0. The van der Waals surface area contributed by atoms with E-state index in [9.17, 15) is 0 Å². The maximum absolute atomic E-state index is 4.10. The normalized spacial score (nSPS) is 10.2. The molecule has 0 amide bonds. The van der Waals surface area contributed by atoms with Gasteiger partial charge in [-0.3, -0.25) is 0 Å². The Hall–Kier alpha value is -0.960. The minimum Gasteiger partial charge on any atom is -0.234 e. The Morgan fingerprint density at radius 1 is 1.56 bits per heavy atom. The van der Waals surface area contributed by atoms with Gasteiger partial charge in [0.15, 0.2) is 0 Å². The summed E-state index contributed by atoms with van der Waals surface area (Å²) in [5.41, 5.74) is 2.90. The van der Waals surface area contributed by atoms with E-state index in [-0.39, 0.29) is 0 Å². The predicted octanol–water partition coefficient (Wildman–Crippen LogP) is 1.11. The van der Waals surface area contributed by atoms with Crippen LogP contribution in [0.4, 0.5) is 0 Å². The molecule has 2 heterocycles. The number of hydrogen-bond donors (Lipinski definition) is 0. The van der Waals surface area contributed by atoms with E-state index >= 15 is 0 Å². The standard InChI is InChI=1S/C6H4N2S/c1-2-5-6(7-3-1)8-4-9-5/h1-4H/p+1. The van der Waals surface area contributed by atoms with Crippen LogP contribution in [0.3, 0.4) is 0 Å². The number of H-pyrrole nitrogens is 1. The van der Waals surface area contributed by atoms with Crippen LogP contribution in [-0.2, 0) is 0 Å². The van der Waals surface area contributed by atoms with E-state index in [0.717, 1.165) is 5.65 Å². The fraction of sp³-hybridized carbons (Fsp3) is 0. The fourth-order valence-electron chi connectivity index (χ4n) is 0.743. The maximum Gasteiger partial charge on any atom is 0.338 e. The SMILES string of the molecule is c1cnc2[nH+]csc2c1. The molecule has 0 saturated heterocycles. The molecular weight excluding hydrogens is 132 g/mol. The number of aromatic nitrogens is 2. The van der Waals surface area contributed by atoms with Crippen molar-refractivity contribution in [3.63, 3.8) is 0 Å². The van der Waals surface area contributed by atoms with Gasteiger partial charge in [-0.2, -0.15) is 0 Å². The summed E-state index contributed by atoms with van der Waals surface area (Å²) in [6.07, 6.45) is 1.78. The highest BCUT2D eigenvalue weighted by atomic mass is 32.1. The Balaban J connectivity index is 2.95. The minimum absolute atomic E-state index is 0.975. The molecule has 0 aliphatic carbocycles. The number of thiazole rings is 1. The summed E-state index contributed by atoms with van der Waals surface area (Å²) in [6, 6.07) is 3.98. The fourth-order valence-corrected chi connectivity index (χ4v) is 1.42. The molecular formula is C6H5N2S+. The van der Waals surface area contributed by atoms with E-state index in [4.69, 9.17) is 0 Å². The second-order valence-electron chi connectivity index (χ2n) is 1.73. The summed E-state index contributed by atoms with van der Waals surface area (Å²) in [5.74, 6) is 0. The van der Waals surface area contributed by atoms with Gasteiger partial charge in [-0.25, -0.2) is 4.98 Å². The van der Waals surface area contributed by atoms with Crippen molar-refractivity contribution in [3.05, 3.63) is 23.8 Å². The molecule has 0 atom stereocenters. The zero-order valence-electron chi connectivity index (χ0n) is 4.66. The lowest BCUT2D eigenvalue weighted by atomic mass is 10.5. The zero-order chi connectivity index (χ0) is 6.10. The minimum atomic E-state index is 0.975. The van der Waals surface area contributed by atoms with Crippen LogP contribution in [0.25, 0.3) is 10.3 Å². The molecule has 0 aromatic carbocycles. The molecule has 0 spiro atoms. The molecule has 0 bridgehead atoms. The molecule has 0 saturated carbocycles. The van der Waals surface area contributed by atoms with Gasteiger partial charge < -0.3 is 0 Å². The monoisotopic (exact) mass is 137 g/mol. The number of fused-ring (bicyclic) bond motifs is 1. The highest BCUT2D eigenvalue weighted by Gasteiger charge is 1.99. The summed E-state index contributed by atoms with van der Waals surface area (Å²) in [6.45, 7) is 0. The van der Waals surface area contributed by atoms with Gasteiger partial charge >= 0.3 is 5.65 Å². The summed E-state index contributed by atoms with van der Waals surface area (Å²) < 4.78 is 1.21. The van der Waals surface area contributed by atoms with E-state index < -0.39 is 0 Å². The smallest absolute Gasteiger partial charge is 0.234 e. The van der Waals surface area contributed by atoms with E-state index in [1.165, 1.54) is 4.70 Å². The molecule has 9 heavy (non-hydrogen) atoms. The third-order valence-electron chi connectivity index (χ3n) is 1.15. The molecule has 0 fully saturated rings. The van der Waals surface area contributed by atoms with Gasteiger partial charge in [0.05, 0.1) is 0 Å². The van der Waals surface area contributed by atoms with Crippen molar-refractivity contribution in [2.75, 3.05) is 0 Å². The third-order valence-corrected chi connectivity index (χ3v) is 1.97. The molecule has 3 heteroatoms. The van der Waals surface area contributed by atoms with Gasteiger partial charge in [-0.15, -0.1) is 0 Å². The Kier molecular flexibility index (Phi) is 0.960. The molecule has 1 N–H and O–H groups in total. The first-order valence-electron chi connectivity index (χ1n) is 2.67.